The van der Waals surface area contributed by atoms with Gasteiger partial charge in [0, 0.05) is 11.4 Å². The molecule has 0 unspecified atom stereocenters. The zero-order chi connectivity index (χ0) is 28.9. The number of hydrogen-bond acceptors (Lipinski definition) is 5. The molecule has 0 saturated carbocycles. The normalized spacial score (nSPS) is 11.6. The number of carbonyl (C=O) groups is 1. The molecule has 4 aromatic rings. The number of aryl methyl sites for hydroxylation is 2. The number of halogens is 1. The third-order valence-electron chi connectivity index (χ3n) is 6.07. The maximum absolute atomic E-state index is 13.6. The predicted molar refractivity (Wildman–Crippen MR) is 154 cm³/mol. The Hall–Kier alpha value is -4.22. The average Bonchev–Trinajstić information content (AvgIpc) is 2.93. The molecule has 0 aromatic heterocycles. The Morgan fingerprint density at radius 1 is 0.750 bits per heavy atom. The van der Waals surface area contributed by atoms with Gasteiger partial charge in [-0.15, -0.1) is 0 Å². The molecule has 208 valence electrons. The second kappa shape index (κ2) is 11.9. The van der Waals surface area contributed by atoms with Gasteiger partial charge < -0.3 is 5.32 Å². The summed E-state index contributed by atoms with van der Waals surface area (Å²) in [5, 5.41) is 2.63. The van der Waals surface area contributed by atoms with Crippen molar-refractivity contribution in [2.75, 3.05) is 20.9 Å². The highest BCUT2D eigenvalue weighted by Gasteiger charge is 2.27. The summed E-state index contributed by atoms with van der Waals surface area (Å²) in [7, 11) is -8.03. The zero-order valence-corrected chi connectivity index (χ0v) is 23.5. The van der Waals surface area contributed by atoms with Crippen LogP contribution in [0.1, 0.15) is 18.1 Å². The first-order valence-corrected chi connectivity index (χ1v) is 15.3. The van der Waals surface area contributed by atoms with E-state index in [2.05, 4.69) is 10.0 Å². The molecular weight excluding hydrogens is 553 g/mol. The molecule has 0 atom stereocenters. The van der Waals surface area contributed by atoms with Crippen LogP contribution in [0, 0.1) is 12.7 Å². The van der Waals surface area contributed by atoms with Crippen LogP contribution in [0.2, 0.25) is 0 Å². The number of anilines is 3. The van der Waals surface area contributed by atoms with Crippen molar-refractivity contribution in [3.8, 4) is 0 Å². The van der Waals surface area contributed by atoms with Crippen molar-refractivity contribution in [2.45, 2.75) is 30.1 Å². The van der Waals surface area contributed by atoms with Crippen LogP contribution < -0.4 is 14.3 Å². The molecule has 0 aliphatic rings. The quantitative estimate of drug-likeness (QED) is 0.263. The van der Waals surface area contributed by atoms with Crippen LogP contribution in [0.5, 0.6) is 0 Å². The van der Waals surface area contributed by atoms with Gasteiger partial charge in [0.05, 0.1) is 15.5 Å². The van der Waals surface area contributed by atoms with Gasteiger partial charge in [-0.05, 0) is 91.7 Å². The van der Waals surface area contributed by atoms with E-state index in [1.165, 1.54) is 48.5 Å². The average molecular weight is 582 g/mol. The molecular formula is C29H28FN3O5S2. The molecule has 0 bridgehead atoms. The van der Waals surface area contributed by atoms with E-state index in [1.807, 2.05) is 26.0 Å². The fraction of sp³-hybridized carbons (Fsp3) is 0.138. The molecule has 0 saturated heterocycles. The van der Waals surface area contributed by atoms with Crippen LogP contribution in [0.3, 0.4) is 0 Å². The molecule has 11 heteroatoms. The van der Waals surface area contributed by atoms with Crippen LogP contribution in [0.15, 0.2) is 107 Å². The van der Waals surface area contributed by atoms with E-state index in [9.17, 15) is 26.0 Å². The Labute approximate surface area is 233 Å². The number of carbonyl (C=O) groups excluding carboxylic acids is 1. The Morgan fingerprint density at radius 2 is 1.30 bits per heavy atom. The second-order valence-electron chi connectivity index (χ2n) is 9.03. The maximum Gasteiger partial charge on any atom is 0.264 e. The highest BCUT2D eigenvalue weighted by Crippen LogP contribution is 2.25. The smallest absolute Gasteiger partial charge is 0.264 e. The number of nitrogens with one attached hydrogen (secondary N) is 2. The van der Waals surface area contributed by atoms with Crippen molar-refractivity contribution in [1.29, 1.82) is 0 Å². The first kappa shape index (κ1) is 28.8. The van der Waals surface area contributed by atoms with Crippen LogP contribution in [-0.2, 0) is 31.3 Å². The predicted octanol–water partition coefficient (Wildman–Crippen LogP) is 5.33. The summed E-state index contributed by atoms with van der Waals surface area (Å²) >= 11 is 0. The van der Waals surface area contributed by atoms with E-state index < -0.39 is 38.3 Å². The minimum Gasteiger partial charge on any atom is -0.325 e. The molecule has 4 rings (SSSR count). The Balaban J connectivity index is 1.53. The van der Waals surface area contributed by atoms with Gasteiger partial charge in [-0.1, -0.05) is 36.8 Å². The molecule has 0 spiro atoms. The Bertz CT molecular complexity index is 1690. The molecule has 2 N–H and O–H groups in total. The second-order valence-corrected chi connectivity index (χ2v) is 12.6. The molecule has 8 nitrogen and oxygen atoms in total. The van der Waals surface area contributed by atoms with Crippen LogP contribution in [0.25, 0.3) is 0 Å². The first-order chi connectivity index (χ1) is 19.0. The lowest BCUT2D eigenvalue weighted by Gasteiger charge is -2.24. The largest absolute Gasteiger partial charge is 0.325 e. The molecule has 40 heavy (non-hydrogen) atoms. The highest BCUT2D eigenvalue weighted by atomic mass is 32.2. The van der Waals surface area contributed by atoms with E-state index in [0.717, 1.165) is 34.0 Å². The van der Waals surface area contributed by atoms with Gasteiger partial charge >= 0.3 is 0 Å². The van der Waals surface area contributed by atoms with E-state index in [-0.39, 0.29) is 21.2 Å². The van der Waals surface area contributed by atoms with Gasteiger partial charge in [0.2, 0.25) is 5.91 Å². The minimum absolute atomic E-state index is 0.0497. The van der Waals surface area contributed by atoms with Crippen molar-refractivity contribution in [2.24, 2.45) is 0 Å². The summed E-state index contributed by atoms with van der Waals surface area (Å²) in [6, 6.07) is 23.6. The minimum atomic E-state index is -4.07. The fourth-order valence-corrected chi connectivity index (χ4v) is 6.31. The lowest BCUT2D eigenvalue weighted by molar-refractivity contribution is -0.114. The standard InChI is InChI=1S/C29H28FN3O5S2/c1-3-22-6-14-26(15-7-22)33(40(37,38)28-16-4-21(2)5-17-28)20-29(34)31-24-12-18-27(19-13-24)39(35,36)32-25-10-8-23(30)9-11-25/h4-19,32H,3,20H2,1-2H3,(H,31,34). The van der Waals surface area contributed by atoms with Crippen molar-refractivity contribution in [3.63, 3.8) is 0 Å². The summed E-state index contributed by atoms with van der Waals surface area (Å²) in [6.07, 6.45) is 0.774. The van der Waals surface area contributed by atoms with Crippen molar-refractivity contribution < 1.29 is 26.0 Å². The lowest BCUT2D eigenvalue weighted by atomic mass is 10.1. The van der Waals surface area contributed by atoms with E-state index in [4.69, 9.17) is 0 Å². The molecule has 0 aliphatic heterocycles. The molecule has 0 heterocycles. The third-order valence-corrected chi connectivity index (χ3v) is 9.26. The number of nitrogens with zero attached hydrogens (tertiary/aromatic N) is 1. The Kier molecular flexibility index (Phi) is 8.55. The van der Waals surface area contributed by atoms with Gasteiger partial charge in [0.1, 0.15) is 12.4 Å². The molecule has 4 aromatic carbocycles. The van der Waals surface area contributed by atoms with Gasteiger partial charge in [-0.25, -0.2) is 21.2 Å². The fourth-order valence-electron chi connectivity index (χ4n) is 3.83. The van der Waals surface area contributed by atoms with E-state index in [0.29, 0.717) is 5.69 Å². The van der Waals surface area contributed by atoms with E-state index >= 15 is 0 Å². The van der Waals surface area contributed by atoms with E-state index in [1.54, 1.807) is 24.3 Å². The summed E-state index contributed by atoms with van der Waals surface area (Å²) in [4.78, 5) is 13.0. The third kappa shape index (κ3) is 6.85. The van der Waals surface area contributed by atoms with Crippen LogP contribution in [0.4, 0.5) is 21.5 Å². The topological polar surface area (TPSA) is 113 Å². The van der Waals surface area contributed by atoms with Gasteiger partial charge in [-0.3, -0.25) is 13.8 Å². The van der Waals surface area contributed by atoms with Crippen molar-refractivity contribution in [1.82, 2.24) is 0 Å². The molecule has 1 amide bonds. The number of rotatable bonds is 10. The maximum atomic E-state index is 13.6. The monoisotopic (exact) mass is 581 g/mol. The van der Waals surface area contributed by atoms with Crippen LogP contribution in [-0.4, -0.2) is 29.3 Å². The summed E-state index contributed by atoms with van der Waals surface area (Å²) in [5.41, 5.74) is 2.72. The highest BCUT2D eigenvalue weighted by molar-refractivity contribution is 7.93. The summed E-state index contributed by atoms with van der Waals surface area (Å²) in [6.45, 7) is 3.33. The summed E-state index contributed by atoms with van der Waals surface area (Å²) < 4.78 is 69.0. The number of benzene rings is 4. The van der Waals surface area contributed by atoms with Crippen LogP contribution >= 0.6 is 0 Å². The molecule has 0 radical (unpaired) electrons. The number of hydrogen-bond donors (Lipinski definition) is 2. The first-order valence-electron chi connectivity index (χ1n) is 12.3. The van der Waals surface area contributed by atoms with Gasteiger partial charge in [-0.2, -0.15) is 0 Å². The van der Waals surface area contributed by atoms with Gasteiger partial charge in [0.25, 0.3) is 20.0 Å². The van der Waals surface area contributed by atoms with Crippen molar-refractivity contribution in [3.05, 3.63) is 114 Å². The van der Waals surface area contributed by atoms with Gasteiger partial charge in [0.15, 0.2) is 0 Å². The lowest BCUT2D eigenvalue weighted by Crippen LogP contribution is -2.38. The zero-order valence-electron chi connectivity index (χ0n) is 21.8. The molecule has 0 aliphatic carbocycles. The SMILES string of the molecule is CCc1ccc(N(CC(=O)Nc2ccc(S(=O)(=O)Nc3ccc(F)cc3)cc2)S(=O)(=O)c2ccc(C)cc2)cc1. The summed E-state index contributed by atoms with van der Waals surface area (Å²) in [5.74, 6) is -1.11. The Morgan fingerprint density at radius 3 is 1.88 bits per heavy atom. The van der Waals surface area contributed by atoms with Crippen molar-refractivity contribution >= 4 is 43.0 Å². The molecule has 0 fully saturated rings. The number of amides is 1. The number of sulfonamides is 2.